The number of carbonyl (C=O) groups is 2. The van der Waals surface area contributed by atoms with E-state index in [4.69, 9.17) is 4.42 Å². The summed E-state index contributed by atoms with van der Waals surface area (Å²) in [4.78, 5) is 28.5. The molecule has 0 saturated heterocycles. The Hall–Kier alpha value is -3.49. The fourth-order valence-electron chi connectivity index (χ4n) is 3.09. The monoisotopic (exact) mass is 424 g/mol. The number of nitrogens with zero attached hydrogens (tertiary/aromatic N) is 5. The maximum absolute atomic E-state index is 13.2. The fraction of sp³-hybridized carbons (Fsp3) is 0.409. The number of rotatable bonds is 6. The van der Waals surface area contributed by atoms with Crippen molar-refractivity contribution in [1.29, 1.82) is 0 Å². The fourth-order valence-corrected chi connectivity index (χ4v) is 3.09. The molecule has 0 atom stereocenters. The van der Waals surface area contributed by atoms with Crippen LogP contribution in [0.25, 0.3) is 11.6 Å². The van der Waals surface area contributed by atoms with Gasteiger partial charge in [-0.25, -0.2) is 0 Å². The van der Waals surface area contributed by atoms with Crippen LogP contribution in [0.3, 0.4) is 0 Å². The Balaban J connectivity index is 1.84. The first-order valence-corrected chi connectivity index (χ1v) is 10.0. The molecule has 0 unspecified atom stereocenters. The number of tetrazole rings is 1. The molecule has 164 valence electrons. The van der Waals surface area contributed by atoms with E-state index in [1.54, 1.807) is 12.1 Å². The summed E-state index contributed by atoms with van der Waals surface area (Å²) in [6.07, 6.45) is 0. The Labute approximate surface area is 181 Å². The number of aromatic nitrogens is 4. The zero-order valence-electron chi connectivity index (χ0n) is 18.8. The Morgan fingerprint density at radius 3 is 2.52 bits per heavy atom. The first-order chi connectivity index (χ1) is 14.5. The molecule has 0 aliphatic carbocycles. The zero-order valence-corrected chi connectivity index (χ0v) is 18.8. The van der Waals surface area contributed by atoms with Crippen molar-refractivity contribution in [2.24, 2.45) is 0 Å². The van der Waals surface area contributed by atoms with Gasteiger partial charge in [0, 0.05) is 11.2 Å². The number of hydrogen-bond acceptors (Lipinski definition) is 6. The molecule has 0 saturated carbocycles. The van der Waals surface area contributed by atoms with Crippen LogP contribution in [0.15, 0.2) is 34.7 Å². The number of carbonyl (C=O) groups excluding carboxylic acids is 2. The molecule has 31 heavy (non-hydrogen) atoms. The molecule has 2 amide bonds. The van der Waals surface area contributed by atoms with Crippen LogP contribution in [0, 0.1) is 20.8 Å². The van der Waals surface area contributed by atoms with Crippen LogP contribution in [0.5, 0.6) is 0 Å². The maximum atomic E-state index is 13.2. The molecule has 3 rings (SSSR count). The SMILES string of the molecule is Cc1ccc(C)c(N(CC(=O)NC(C)(C)C)C(=O)Cn2nnc(-c3ccc(C)o3)n2)c1. The van der Waals surface area contributed by atoms with E-state index >= 15 is 0 Å². The topological polar surface area (TPSA) is 106 Å². The molecule has 0 aliphatic heterocycles. The largest absolute Gasteiger partial charge is 0.458 e. The number of aryl methyl sites for hydroxylation is 3. The maximum Gasteiger partial charge on any atom is 0.251 e. The van der Waals surface area contributed by atoms with Gasteiger partial charge in [-0.2, -0.15) is 4.80 Å². The number of anilines is 1. The summed E-state index contributed by atoms with van der Waals surface area (Å²) >= 11 is 0. The number of amides is 2. The van der Waals surface area contributed by atoms with Crippen LogP contribution in [0.4, 0.5) is 5.69 Å². The summed E-state index contributed by atoms with van der Waals surface area (Å²) in [6.45, 7) is 11.1. The van der Waals surface area contributed by atoms with Gasteiger partial charge in [0.2, 0.25) is 11.7 Å². The Kier molecular flexibility index (Phi) is 6.24. The van der Waals surface area contributed by atoms with Gasteiger partial charge >= 0.3 is 0 Å². The van der Waals surface area contributed by atoms with Crippen molar-refractivity contribution in [1.82, 2.24) is 25.5 Å². The molecule has 0 fully saturated rings. The van der Waals surface area contributed by atoms with E-state index in [1.165, 1.54) is 9.70 Å². The standard InChI is InChI=1S/C22H28N6O3/c1-14-7-8-15(2)17(11-14)27(12-19(29)23-22(4,5)6)20(30)13-28-25-21(24-26-28)18-10-9-16(3)31-18/h7-11H,12-13H2,1-6H3,(H,23,29). The van der Waals surface area contributed by atoms with Gasteiger partial charge in [0.15, 0.2) is 5.76 Å². The summed E-state index contributed by atoms with van der Waals surface area (Å²) < 4.78 is 5.51. The molecule has 0 spiro atoms. The third-order valence-corrected chi connectivity index (χ3v) is 4.46. The second-order valence-corrected chi connectivity index (χ2v) is 8.62. The molecule has 3 aromatic rings. The van der Waals surface area contributed by atoms with Crippen molar-refractivity contribution in [2.75, 3.05) is 11.4 Å². The van der Waals surface area contributed by atoms with Gasteiger partial charge in [0.25, 0.3) is 5.91 Å². The first-order valence-electron chi connectivity index (χ1n) is 10.0. The highest BCUT2D eigenvalue weighted by atomic mass is 16.3. The van der Waals surface area contributed by atoms with Crippen LogP contribution >= 0.6 is 0 Å². The third-order valence-electron chi connectivity index (χ3n) is 4.46. The Bertz CT molecular complexity index is 1090. The minimum Gasteiger partial charge on any atom is -0.458 e. The minimum atomic E-state index is -0.406. The second kappa shape index (κ2) is 8.71. The van der Waals surface area contributed by atoms with E-state index in [9.17, 15) is 9.59 Å². The number of benzene rings is 1. The molecule has 0 bridgehead atoms. The van der Waals surface area contributed by atoms with E-state index in [2.05, 4.69) is 20.7 Å². The minimum absolute atomic E-state index is 0.112. The van der Waals surface area contributed by atoms with Gasteiger partial charge < -0.3 is 14.6 Å². The van der Waals surface area contributed by atoms with E-state index in [-0.39, 0.29) is 24.9 Å². The van der Waals surface area contributed by atoms with Gasteiger partial charge in [0.05, 0.1) is 0 Å². The van der Waals surface area contributed by atoms with Gasteiger partial charge in [-0.1, -0.05) is 12.1 Å². The van der Waals surface area contributed by atoms with E-state index < -0.39 is 5.54 Å². The average Bonchev–Trinajstić information content (AvgIpc) is 3.29. The van der Waals surface area contributed by atoms with E-state index in [0.717, 1.165) is 16.9 Å². The summed E-state index contributed by atoms with van der Waals surface area (Å²) in [6, 6.07) is 9.34. The average molecular weight is 425 g/mol. The van der Waals surface area contributed by atoms with Crippen LogP contribution < -0.4 is 10.2 Å². The van der Waals surface area contributed by atoms with Crippen molar-refractivity contribution in [3.8, 4) is 11.6 Å². The lowest BCUT2D eigenvalue weighted by Gasteiger charge is -2.27. The van der Waals surface area contributed by atoms with Crippen molar-refractivity contribution < 1.29 is 14.0 Å². The van der Waals surface area contributed by atoms with Crippen molar-refractivity contribution in [2.45, 2.75) is 53.6 Å². The van der Waals surface area contributed by atoms with Gasteiger partial charge in [-0.15, -0.1) is 10.2 Å². The highest BCUT2D eigenvalue weighted by molar-refractivity contribution is 5.99. The molecule has 0 aliphatic rings. The highest BCUT2D eigenvalue weighted by Crippen LogP contribution is 2.22. The number of nitrogens with one attached hydrogen (secondary N) is 1. The summed E-state index contributed by atoms with van der Waals surface area (Å²) in [5.41, 5.74) is 2.15. The Morgan fingerprint density at radius 1 is 1.13 bits per heavy atom. The molecular formula is C22H28N6O3. The van der Waals surface area contributed by atoms with Crippen molar-refractivity contribution in [3.63, 3.8) is 0 Å². The molecule has 2 aromatic heterocycles. The molecule has 9 heteroatoms. The van der Waals surface area contributed by atoms with Crippen LogP contribution in [0.1, 0.15) is 37.7 Å². The van der Waals surface area contributed by atoms with Crippen molar-refractivity contribution >= 4 is 17.5 Å². The molecular weight excluding hydrogens is 396 g/mol. The van der Waals surface area contributed by atoms with Gasteiger partial charge in [-0.05, 0) is 76.1 Å². The third kappa shape index (κ3) is 5.78. The molecule has 1 aromatic carbocycles. The van der Waals surface area contributed by atoms with Crippen LogP contribution in [-0.2, 0) is 16.1 Å². The van der Waals surface area contributed by atoms with Gasteiger partial charge in [0.1, 0.15) is 18.8 Å². The number of furan rings is 1. The van der Waals surface area contributed by atoms with Crippen LogP contribution in [-0.4, -0.2) is 44.1 Å². The van der Waals surface area contributed by atoms with Crippen molar-refractivity contribution in [3.05, 3.63) is 47.2 Å². The lowest BCUT2D eigenvalue weighted by atomic mass is 10.1. The lowest BCUT2D eigenvalue weighted by molar-refractivity contribution is -0.125. The highest BCUT2D eigenvalue weighted by Gasteiger charge is 2.24. The number of hydrogen-bond donors (Lipinski definition) is 1. The predicted molar refractivity (Wildman–Crippen MR) is 116 cm³/mol. The second-order valence-electron chi connectivity index (χ2n) is 8.62. The first kappa shape index (κ1) is 22.2. The molecule has 0 radical (unpaired) electrons. The lowest BCUT2D eigenvalue weighted by Crippen LogP contribution is -2.48. The molecule has 1 N–H and O–H groups in total. The zero-order chi connectivity index (χ0) is 22.8. The van der Waals surface area contributed by atoms with E-state index in [0.29, 0.717) is 17.3 Å². The summed E-state index contributed by atoms with van der Waals surface area (Å²) in [5, 5.41) is 15.1. The Morgan fingerprint density at radius 2 is 1.87 bits per heavy atom. The van der Waals surface area contributed by atoms with Crippen LogP contribution in [0.2, 0.25) is 0 Å². The van der Waals surface area contributed by atoms with Gasteiger partial charge in [-0.3, -0.25) is 9.59 Å². The smallest absolute Gasteiger partial charge is 0.251 e. The summed E-state index contributed by atoms with van der Waals surface area (Å²) in [5.74, 6) is 0.933. The quantitative estimate of drug-likeness (QED) is 0.652. The molecule has 9 nitrogen and oxygen atoms in total. The molecule has 2 heterocycles. The normalized spacial score (nSPS) is 11.4. The summed E-state index contributed by atoms with van der Waals surface area (Å²) in [7, 11) is 0. The van der Waals surface area contributed by atoms with E-state index in [1.807, 2.05) is 59.7 Å². The predicted octanol–water partition coefficient (Wildman–Crippen LogP) is 2.81.